The molecule has 0 aliphatic heterocycles. The Hall–Kier alpha value is -1.17. The molecule has 0 aliphatic rings. The highest BCUT2D eigenvalue weighted by atomic mass is 35.5. The van der Waals surface area contributed by atoms with Crippen molar-refractivity contribution in [2.45, 2.75) is 5.51 Å². The number of carbonyl (C=O) groups excluding carboxylic acids is 1. The summed E-state index contributed by atoms with van der Waals surface area (Å²) in [6.07, 6.45) is 2.47. The van der Waals surface area contributed by atoms with Crippen molar-refractivity contribution in [3.63, 3.8) is 0 Å². The van der Waals surface area contributed by atoms with Crippen molar-refractivity contribution >= 4 is 17.5 Å². The van der Waals surface area contributed by atoms with Crippen LogP contribution in [0.5, 0.6) is 0 Å². The van der Waals surface area contributed by atoms with Crippen LogP contribution in [0.3, 0.4) is 0 Å². The summed E-state index contributed by atoms with van der Waals surface area (Å²) in [5.74, 6) is -0.965. The van der Waals surface area contributed by atoms with Gasteiger partial charge in [-0.25, -0.2) is 0 Å². The Balaban J connectivity index is 2.70. The molecule has 1 rings (SSSR count). The molecule has 4 nitrogen and oxygen atoms in total. The second-order valence-corrected chi connectivity index (χ2v) is 2.83. The van der Waals surface area contributed by atoms with Crippen LogP contribution in [0.25, 0.3) is 0 Å². The molecule has 0 saturated carbocycles. The van der Waals surface area contributed by atoms with E-state index in [0.29, 0.717) is 0 Å². The summed E-state index contributed by atoms with van der Waals surface area (Å²) in [5.41, 5.74) is -3.70. The lowest BCUT2D eigenvalue weighted by Gasteiger charge is -2.07. The van der Waals surface area contributed by atoms with E-state index in [4.69, 9.17) is 0 Å². The maximum absolute atomic E-state index is 12.1. The van der Waals surface area contributed by atoms with Gasteiger partial charge in [0, 0.05) is 13.2 Å². The molecule has 1 heterocycles. The molecule has 1 N–H and O–H groups in total. The molecule has 0 bridgehead atoms. The van der Waals surface area contributed by atoms with Crippen LogP contribution in [-0.2, 0) is 7.05 Å². The van der Waals surface area contributed by atoms with E-state index in [1.165, 1.54) is 16.2 Å². The van der Waals surface area contributed by atoms with Crippen molar-refractivity contribution in [1.82, 2.24) is 15.1 Å². The van der Waals surface area contributed by atoms with Crippen molar-refractivity contribution in [1.29, 1.82) is 0 Å². The number of nitrogens with zero attached hydrogens (tertiary/aromatic N) is 2. The van der Waals surface area contributed by atoms with Gasteiger partial charge in [-0.3, -0.25) is 14.8 Å². The first-order chi connectivity index (χ1) is 5.88. The van der Waals surface area contributed by atoms with Gasteiger partial charge in [0.2, 0.25) is 0 Å². The zero-order valence-electron chi connectivity index (χ0n) is 6.59. The fourth-order valence-electron chi connectivity index (χ4n) is 0.739. The lowest BCUT2D eigenvalue weighted by atomic mass is 10.3. The van der Waals surface area contributed by atoms with Gasteiger partial charge in [-0.2, -0.15) is 13.9 Å². The number of alkyl halides is 3. The predicted molar refractivity (Wildman–Crippen MR) is 41.5 cm³/mol. The molecular weight excluding hydrogens is 204 g/mol. The van der Waals surface area contributed by atoms with E-state index in [1.807, 2.05) is 0 Å². The van der Waals surface area contributed by atoms with E-state index in [0.717, 1.165) is 6.20 Å². The second kappa shape index (κ2) is 3.29. The van der Waals surface area contributed by atoms with E-state index in [1.54, 1.807) is 7.05 Å². The lowest BCUT2D eigenvalue weighted by molar-refractivity contribution is 0.0461. The average molecular weight is 210 g/mol. The molecule has 0 atom stereocenters. The molecule has 1 amide bonds. The molecule has 0 aromatic carbocycles. The minimum atomic E-state index is -3.73. The van der Waals surface area contributed by atoms with Crippen LogP contribution in [0, 0.1) is 0 Å². The maximum Gasteiger partial charge on any atom is 0.407 e. The third kappa shape index (κ3) is 2.98. The monoisotopic (exact) mass is 209 g/mol. The van der Waals surface area contributed by atoms with Crippen LogP contribution in [0.15, 0.2) is 12.4 Å². The fourth-order valence-corrected chi connectivity index (χ4v) is 0.825. The summed E-state index contributed by atoms with van der Waals surface area (Å²) in [4.78, 5) is 10.9. The molecule has 0 radical (unpaired) electrons. The molecule has 0 spiro atoms. The van der Waals surface area contributed by atoms with Gasteiger partial charge < -0.3 is 0 Å². The second-order valence-electron chi connectivity index (χ2n) is 2.35. The molecule has 0 unspecified atom stereocenters. The van der Waals surface area contributed by atoms with E-state index in [-0.39, 0.29) is 5.56 Å². The van der Waals surface area contributed by atoms with E-state index < -0.39 is 11.4 Å². The van der Waals surface area contributed by atoms with Gasteiger partial charge in [0.25, 0.3) is 5.91 Å². The Labute approximate surface area is 77.5 Å². The number of hydrogen-bond donors (Lipinski definition) is 1. The summed E-state index contributed by atoms with van der Waals surface area (Å²) in [5, 5.41) is 4.92. The summed E-state index contributed by atoms with van der Waals surface area (Å²) < 4.78 is 25.5. The summed E-state index contributed by atoms with van der Waals surface area (Å²) in [7, 11) is 1.57. The summed E-state index contributed by atoms with van der Waals surface area (Å²) in [6.45, 7) is 0. The Bertz CT molecular complexity index is 320. The van der Waals surface area contributed by atoms with E-state index in [2.05, 4.69) is 16.7 Å². The number of halogens is 3. The molecule has 72 valence electrons. The zero-order valence-corrected chi connectivity index (χ0v) is 7.35. The average Bonchev–Trinajstić information content (AvgIpc) is 2.31. The van der Waals surface area contributed by atoms with Gasteiger partial charge in [-0.05, 0) is 11.6 Å². The first-order valence-electron chi connectivity index (χ1n) is 3.26. The van der Waals surface area contributed by atoms with Gasteiger partial charge in [-0.15, -0.1) is 0 Å². The number of hydrogen-bond acceptors (Lipinski definition) is 2. The number of amides is 1. The Morgan fingerprint density at radius 1 is 1.77 bits per heavy atom. The summed E-state index contributed by atoms with van der Waals surface area (Å²) in [6, 6.07) is 0. The smallest absolute Gasteiger partial charge is 0.279 e. The normalized spacial score (nSPS) is 11.4. The topological polar surface area (TPSA) is 46.9 Å². The van der Waals surface area contributed by atoms with Crippen LogP contribution in [0.4, 0.5) is 8.78 Å². The highest BCUT2D eigenvalue weighted by molar-refractivity contribution is 6.22. The molecular formula is C6H6ClF2N3O. The molecule has 0 fully saturated rings. The molecule has 7 heteroatoms. The van der Waals surface area contributed by atoms with Gasteiger partial charge >= 0.3 is 5.51 Å². The molecule has 13 heavy (non-hydrogen) atoms. The first kappa shape index (κ1) is 9.91. The quantitative estimate of drug-likeness (QED) is 0.582. The van der Waals surface area contributed by atoms with Crippen molar-refractivity contribution in [2.75, 3.05) is 0 Å². The minimum Gasteiger partial charge on any atom is -0.279 e. The van der Waals surface area contributed by atoms with Crippen LogP contribution in [-0.4, -0.2) is 21.2 Å². The van der Waals surface area contributed by atoms with Crippen molar-refractivity contribution in [2.24, 2.45) is 7.05 Å². The van der Waals surface area contributed by atoms with Gasteiger partial charge in [0.15, 0.2) is 0 Å². The standard InChI is InChI=1S/C6H6ClF2N3O/c1-12-3-4(2-10-12)5(13)11-6(7,8)9/h2-3H,1H3,(H,11,13). The third-order valence-corrected chi connectivity index (χ3v) is 1.32. The molecule has 0 aliphatic carbocycles. The zero-order chi connectivity index (χ0) is 10.1. The SMILES string of the molecule is Cn1cc(C(=O)NC(F)(F)Cl)cn1. The van der Waals surface area contributed by atoms with Gasteiger partial charge in [0.05, 0.1) is 11.8 Å². The maximum atomic E-state index is 12.1. The number of aromatic nitrogens is 2. The predicted octanol–water partition coefficient (Wildman–Crippen LogP) is 0.939. The van der Waals surface area contributed by atoms with Crippen molar-refractivity contribution in [3.05, 3.63) is 18.0 Å². The Morgan fingerprint density at radius 2 is 2.38 bits per heavy atom. The lowest BCUT2D eigenvalue weighted by Crippen LogP contribution is -2.36. The Kier molecular flexibility index (Phi) is 2.51. The number of carbonyl (C=O) groups is 1. The number of aryl methyl sites for hydroxylation is 1. The third-order valence-electron chi connectivity index (χ3n) is 1.22. The van der Waals surface area contributed by atoms with E-state index in [9.17, 15) is 13.6 Å². The van der Waals surface area contributed by atoms with Gasteiger partial charge in [-0.1, -0.05) is 0 Å². The largest absolute Gasteiger partial charge is 0.407 e. The van der Waals surface area contributed by atoms with Crippen molar-refractivity contribution in [3.8, 4) is 0 Å². The van der Waals surface area contributed by atoms with Crippen molar-refractivity contribution < 1.29 is 13.6 Å². The van der Waals surface area contributed by atoms with Crippen LogP contribution in [0.1, 0.15) is 10.4 Å². The molecule has 0 saturated heterocycles. The van der Waals surface area contributed by atoms with Crippen LogP contribution in [0.2, 0.25) is 0 Å². The van der Waals surface area contributed by atoms with Crippen LogP contribution >= 0.6 is 11.6 Å². The Morgan fingerprint density at radius 3 is 2.77 bits per heavy atom. The highest BCUT2D eigenvalue weighted by Crippen LogP contribution is 2.14. The molecule has 1 aromatic rings. The number of nitrogens with one attached hydrogen (secondary N) is 1. The number of rotatable bonds is 2. The fraction of sp³-hybridized carbons (Fsp3) is 0.333. The minimum absolute atomic E-state index is 0.0304. The van der Waals surface area contributed by atoms with Crippen LogP contribution < -0.4 is 5.32 Å². The van der Waals surface area contributed by atoms with Gasteiger partial charge in [0.1, 0.15) is 0 Å². The summed E-state index contributed by atoms with van der Waals surface area (Å²) >= 11 is 4.49. The van der Waals surface area contributed by atoms with E-state index >= 15 is 0 Å². The first-order valence-corrected chi connectivity index (χ1v) is 3.64. The highest BCUT2D eigenvalue weighted by Gasteiger charge is 2.27. The molecule has 1 aromatic heterocycles.